The van der Waals surface area contributed by atoms with Crippen LogP contribution in [0.2, 0.25) is 0 Å². The average molecular weight is 439 g/mol. The second-order valence-electron chi connectivity index (χ2n) is 7.86. The Morgan fingerprint density at radius 1 is 1.10 bits per heavy atom. The lowest BCUT2D eigenvalue weighted by Crippen LogP contribution is -2.45. The van der Waals surface area contributed by atoms with Crippen molar-refractivity contribution in [2.24, 2.45) is 0 Å². The van der Waals surface area contributed by atoms with Crippen LogP contribution in [0.4, 0.5) is 0 Å². The largest absolute Gasteiger partial charge is 0.351 e. The highest BCUT2D eigenvalue weighted by Gasteiger charge is 2.39. The number of amides is 1. The smallest absolute Gasteiger partial charge is 0.243 e. The predicted octanol–water partition coefficient (Wildman–Crippen LogP) is 2.71. The summed E-state index contributed by atoms with van der Waals surface area (Å²) in [7, 11) is -3.70. The highest BCUT2D eigenvalue weighted by Crippen LogP contribution is 2.26. The van der Waals surface area contributed by atoms with Gasteiger partial charge in [-0.3, -0.25) is 4.79 Å². The summed E-state index contributed by atoms with van der Waals surface area (Å²) in [4.78, 5) is 17.1. The fraction of sp³-hybridized carbons (Fsp3) is 0.304. The number of sulfonamides is 1. The van der Waals surface area contributed by atoms with E-state index in [2.05, 4.69) is 10.3 Å². The van der Waals surface area contributed by atoms with Crippen LogP contribution in [0.15, 0.2) is 72.1 Å². The molecule has 1 N–H and O–H groups in total. The van der Waals surface area contributed by atoms with Crippen molar-refractivity contribution in [1.29, 1.82) is 0 Å². The van der Waals surface area contributed by atoms with Crippen LogP contribution in [-0.4, -0.2) is 40.8 Å². The molecule has 1 atom stereocenters. The minimum atomic E-state index is -3.70. The van der Waals surface area contributed by atoms with Gasteiger partial charge in [0.05, 0.1) is 11.2 Å². The average Bonchev–Trinajstić information content (AvgIpc) is 3.46. The lowest BCUT2D eigenvalue weighted by atomic mass is 10.1. The number of rotatable bonds is 7. The Balaban J connectivity index is 1.38. The van der Waals surface area contributed by atoms with Crippen LogP contribution in [0.5, 0.6) is 0 Å². The third-order valence-corrected chi connectivity index (χ3v) is 7.47. The maximum Gasteiger partial charge on any atom is 0.243 e. The van der Waals surface area contributed by atoms with Crippen LogP contribution < -0.4 is 5.32 Å². The van der Waals surface area contributed by atoms with E-state index in [0.717, 1.165) is 23.2 Å². The van der Waals surface area contributed by atoms with Crippen molar-refractivity contribution in [2.75, 3.05) is 6.54 Å². The van der Waals surface area contributed by atoms with Gasteiger partial charge in [-0.2, -0.15) is 4.31 Å². The summed E-state index contributed by atoms with van der Waals surface area (Å²) in [5, 5.41) is 2.91. The molecular weight excluding hydrogens is 412 g/mol. The van der Waals surface area contributed by atoms with E-state index in [4.69, 9.17) is 0 Å². The van der Waals surface area contributed by atoms with Gasteiger partial charge < -0.3 is 9.88 Å². The van der Waals surface area contributed by atoms with Gasteiger partial charge in [0.2, 0.25) is 15.9 Å². The van der Waals surface area contributed by atoms with Gasteiger partial charge in [0.15, 0.2) is 0 Å². The molecule has 2 heterocycles. The first-order chi connectivity index (χ1) is 14.9. The van der Waals surface area contributed by atoms with Crippen LogP contribution >= 0.6 is 0 Å². The zero-order valence-electron chi connectivity index (χ0n) is 17.4. The molecule has 0 spiro atoms. The van der Waals surface area contributed by atoms with Crippen molar-refractivity contribution in [3.63, 3.8) is 0 Å². The molecule has 7 nitrogen and oxygen atoms in total. The van der Waals surface area contributed by atoms with Crippen LogP contribution in [0.25, 0.3) is 0 Å². The van der Waals surface area contributed by atoms with Crippen molar-refractivity contribution < 1.29 is 13.2 Å². The number of nitrogens with one attached hydrogen (secondary N) is 1. The molecule has 1 amide bonds. The van der Waals surface area contributed by atoms with Gasteiger partial charge in [-0.05, 0) is 43.0 Å². The predicted molar refractivity (Wildman–Crippen MR) is 118 cm³/mol. The molecule has 3 aromatic rings. The Hall–Kier alpha value is -2.97. The number of carbonyl (C=O) groups is 1. The van der Waals surface area contributed by atoms with Crippen molar-refractivity contribution in [1.82, 2.24) is 19.2 Å². The normalized spacial score (nSPS) is 17.0. The highest BCUT2D eigenvalue weighted by atomic mass is 32.2. The number of carbonyl (C=O) groups excluding carboxylic acids is 1. The molecule has 0 aliphatic carbocycles. The molecule has 31 heavy (non-hydrogen) atoms. The molecule has 4 rings (SSSR count). The summed E-state index contributed by atoms with van der Waals surface area (Å²) >= 11 is 0. The van der Waals surface area contributed by atoms with Gasteiger partial charge in [0.1, 0.15) is 6.04 Å². The lowest BCUT2D eigenvalue weighted by Gasteiger charge is -2.23. The quantitative estimate of drug-likeness (QED) is 0.615. The van der Waals surface area contributed by atoms with Gasteiger partial charge in [-0.1, -0.05) is 42.0 Å². The van der Waals surface area contributed by atoms with Crippen molar-refractivity contribution in [2.45, 2.75) is 43.8 Å². The Morgan fingerprint density at radius 3 is 2.48 bits per heavy atom. The maximum atomic E-state index is 13.0. The summed E-state index contributed by atoms with van der Waals surface area (Å²) < 4.78 is 29.4. The van der Waals surface area contributed by atoms with Crippen LogP contribution in [0.3, 0.4) is 0 Å². The standard InChI is InChI=1S/C23H26N4O3S/c1-18-4-10-21(11-5-18)31(29,30)27-13-2-3-22(27)23(28)25-15-19-6-8-20(9-7-19)16-26-14-12-24-17-26/h4-12,14,17,22H,2-3,13,15-16H2,1H3,(H,25,28)/t22-/m1/s1. The lowest BCUT2D eigenvalue weighted by molar-refractivity contribution is -0.124. The molecule has 1 saturated heterocycles. The molecule has 1 fully saturated rings. The number of hydrogen-bond donors (Lipinski definition) is 1. The maximum absolute atomic E-state index is 13.0. The van der Waals surface area contributed by atoms with Gasteiger partial charge in [0.25, 0.3) is 0 Å². The SMILES string of the molecule is Cc1ccc(S(=O)(=O)N2CCC[C@@H]2C(=O)NCc2ccc(Cn3ccnc3)cc2)cc1. The molecule has 162 valence electrons. The molecule has 2 aromatic carbocycles. The third kappa shape index (κ3) is 4.86. The highest BCUT2D eigenvalue weighted by molar-refractivity contribution is 7.89. The van der Waals surface area contributed by atoms with E-state index in [1.807, 2.05) is 42.0 Å². The minimum absolute atomic E-state index is 0.228. The van der Waals surface area contributed by atoms with E-state index >= 15 is 0 Å². The number of aryl methyl sites for hydroxylation is 1. The molecular formula is C23H26N4O3S. The first kappa shape index (κ1) is 21.3. The zero-order valence-corrected chi connectivity index (χ0v) is 18.3. The summed E-state index contributed by atoms with van der Waals surface area (Å²) in [6.45, 7) is 3.36. The van der Waals surface area contributed by atoms with Crippen molar-refractivity contribution in [3.8, 4) is 0 Å². The second-order valence-corrected chi connectivity index (χ2v) is 9.75. The number of benzene rings is 2. The van der Waals surface area contributed by atoms with Crippen molar-refractivity contribution >= 4 is 15.9 Å². The Morgan fingerprint density at radius 2 is 1.81 bits per heavy atom. The Bertz CT molecular complexity index is 1120. The Labute approximate surface area is 182 Å². The molecule has 0 saturated carbocycles. The minimum Gasteiger partial charge on any atom is -0.351 e. The van der Waals surface area contributed by atoms with Crippen LogP contribution in [0.1, 0.15) is 29.5 Å². The summed E-state index contributed by atoms with van der Waals surface area (Å²) in [5.41, 5.74) is 3.10. The molecule has 1 aliphatic heterocycles. The molecule has 8 heteroatoms. The van der Waals surface area contributed by atoms with Crippen molar-refractivity contribution in [3.05, 3.63) is 83.9 Å². The summed E-state index contributed by atoms with van der Waals surface area (Å²) in [6.07, 6.45) is 6.63. The summed E-state index contributed by atoms with van der Waals surface area (Å²) in [5.74, 6) is -0.254. The first-order valence-corrected chi connectivity index (χ1v) is 11.8. The molecule has 0 bridgehead atoms. The van der Waals surface area contributed by atoms with E-state index in [-0.39, 0.29) is 10.8 Å². The van der Waals surface area contributed by atoms with E-state index in [0.29, 0.717) is 25.9 Å². The number of aromatic nitrogens is 2. The molecule has 1 aliphatic rings. The van der Waals surface area contributed by atoms with Gasteiger partial charge >= 0.3 is 0 Å². The topological polar surface area (TPSA) is 84.3 Å². The number of nitrogens with zero attached hydrogens (tertiary/aromatic N) is 3. The monoisotopic (exact) mass is 438 g/mol. The van der Waals surface area contributed by atoms with Crippen LogP contribution in [0, 0.1) is 6.92 Å². The second kappa shape index (κ2) is 9.03. The number of hydrogen-bond acceptors (Lipinski definition) is 4. The fourth-order valence-electron chi connectivity index (χ4n) is 3.80. The van der Waals surface area contributed by atoms with Crippen LogP contribution in [-0.2, 0) is 27.9 Å². The number of imidazole rings is 1. The first-order valence-electron chi connectivity index (χ1n) is 10.3. The zero-order chi connectivity index (χ0) is 21.8. The molecule has 0 radical (unpaired) electrons. The van der Waals surface area contributed by atoms with E-state index in [9.17, 15) is 13.2 Å². The molecule has 0 unspecified atom stereocenters. The van der Waals surface area contributed by atoms with E-state index in [1.54, 1.807) is 36.8 Å². The molecule has 1 aromatic heterocycles. The third-order valence-electron chi connectivity index (χ3n) is 5.55. The van der Waals surface area contributed by atoms with Gasteiger partial charge in [-0.25, -0.2) is 13.4 Å². The van der Waals surface area contributed by atoms with Gasteiger partial charge in [0, 0.05) is 32.0 Å². The Kier molecular flexibility index (Phi) is 6.20. The summed E-state index contributed by atoms with van der Waals surface area (Å²) in [6, 6.07) is 14.1. The fourth-order valence-corrected chi connectivity index (χ4v) is 5.45. The van der Waals surface area contributed by atoms with E-state index in [1.165, 1.54) is 4.31 Å². The van der Waals surface area contributed by atoms with E-state index < -0.39 is 16.1 Å². The van der Waals surface area contributed by atoms with Gasteiger partial charge in [-0.15, -0.1) is 0 Å².